The van der Waals surface area contributed by atoms with E-state index < -0.39 is 5.82 Å². The summed E-state index contributed by atoms with van der Waals surface area (Å²) in [4.78, 5) is 0. The van der Waals surface area contributed by atoms with E-state index in [0.29, 0.717) is 40.6 Å². The lowest BCUT2D eigenvalue weighted by molar-refractivity contribution is 0.204. The summed E-state index contributed by atoms with van der Waals surface area (Å²) in [5, 5.41) is 14.5. The normalized spacial score (nSPS) is 12.9. The van der Waals surface area contributed by atoms with Gasteiger partial charge in [-0.05, 0) is 30.3 Å². The first-order valence-corrected chi connectivity index (χ1v) is 9.56. The lowest BCUT2D eigenvalue weighted by atomic mass is 10.1. The number of hydrogen-bond acceptors (Lipinski definition) is 8. The SMILES string of the molecule is COc1cc2c(Nc3ccc(Br)cc3F)nncc2cc1OCCN1C=CNN1. The van der Waals surface area contributed by atoms with Crippen molar-refractivity contribution in [3.63, 3.8) is 0 Å². The van der Waals surface area contributed by atoms with Crippen molar-refractivity contribution >= 4 is 38.2 Å². The van der Waals surface area contributed by atoms with Crippen LogP contribution in [-0.4, -0.2) is 35.5 Å². The fourth-order valence-corrected chi connectivity index (χ4v) is 3.18. The summed E-state index contributed by atoms with van der Waals surface area (Å²) in [7, 11) is 1.57. The van der Waals surface area contributed by atoms with E-state index in [2.05, 4.69) is 42.4 Å². The van der Waals surface area contributed by atoms with Crippen LogP contribution >= 0.6 is 15.9 Å². The molecular weight excluding hydrogens is 443 g/mol. The van der Waals surface area contributed by atoms with E-state index in [-0.39, 0.29) is 0 Å². The van der Waals surface area contributed by atoms with Crippen LogP contribution in [0, 0.1) is 5.82 Å². The molecule has 10 heteroatoms. The Balaban J connectivity index is 1.59. The van der Waals surface area contributed by atoms with E-state index >= 15 is 0 Å². The third-order valence-electron chi connectivity index (χ3n) is 4.27. The molecule has 4 rings (SSSR count). The number of methoxy groups -OCH3 is 1. The van der Waals surface area contributed by atoms with Crippen LogP contribution in [-0.2, 0) is 0 Å². The topological polar surface area (TPSA) is 83.6 Å². The second-order valence-corrected chi connectivity index (χ2v) is 7.06. The predicted octanol–water partition coefficient (Wildman–Crippen LogP) is 3.46. The molecular formula is C19H18BrFN6O2. The van der Waals surface area contributed by atoms with Gasteiger partial charge in [0.2, 0.25) is 0 Å². The molecule has 29 heavy (non-hydrogen) atoms. The molecule has 0 fully saturated rings. The standard InChI is InChI=1S/C19H18BrFN6O2/c1-28-17-10-14-12(8-18(17)29-7-6-27-5-4-22-26-27)11-23-25-19(14)24-16-3-2-13(20)9-15(16)21/h2-5,8-11,22,26H,6-7H2,1H3,(H,24,25). The van der Waals surface area contributed by atoms with Crippen LogP contribution in [0.4, 0.5) is 15.9 Å². The molecule has 0 radical (unpaired) electrons. The number of hydrogen-bond donors (Lipinski definition) is 3. The summed E-state index contributed by atoms with van der Waals surface area (Å²) >= 11 is 3.25. The van der Waals surface area contributed by atoms with Crippen LogP contribution in [0.25, 0.3) is 10.8 Å². The Kier molecular flexibility index (Phi) is 5.63. The van der Waals surface area contributed by atoms with Crippen LogP contribution < -0.4 is 25.8 Å². The van der Waals surface area contributed by atoms with Gasteiger partial charge in [0.15, 0.2) is 17.3 Å². The van der Waals surface area contributed by atoms with E-state index in [0.717, 1.165) is 10.8 Å². The highest BCUT2D eigenvalue weighted by molar-refractivity contribution is 9.10. The number of fused-ring (bicyclic) bond motifs is 1. The number of rotatable bonds is 7. The summed E-state index contributed by atoms with van der Waals surface area (Å²) < 4.78 is 26.2. The molecule has 3 aromatic rings. The molecule has 3 N–H and O–H groups in total. The molecule has 0 saturated heterocycles. The molecule has 0 saturated carbocycles. The van der Waals surface area contributed by atoms with Crippen molar-refractivity contribution in [3.8, 4) is 11.5 Å². The van der Waals surface area contributed by atoms with Gasteiger partial charge in [-0.15, -0.1) is 10.6 Å². The minimum atomic E-state index is -0.399. The van der Waals surface area contributed by atoms with Gasteiger partial charge in [0.1, 0.15) is 12.4 Å². The quantitative estimate of drug-likeness (QED) is 0.494. The Labute approximate surface area is 174 Å². The van der Waals surface area contributed by atoms with Crippen molar-refractivity contribution in [1.29, 1.82) is 0 Å². The van der Waals surface area contributed by atoms with Gasteiger partial charge in [-0.25, -0.2) is 4.39 Å². The fraction of sp³-hybridized carbons (Fsp3) is 0.158. The smallest absolute Gasteiger partial charge is 0.161 e. The van der Waals surface area contributed by atoms with Crippen LogP contribution in [0.5, 0.6) is 11.5 Å². The van der Waals surface area contributed by atoms with Crippen LogP contribution in [0.1, 0.15) is 0 Å². The largest absolute Gasteiger partial charge is 0.493 e. The van der Waals surface area contributed by atoms with Gasteiger partial charge in [-0.2, -0.15) is 5.10 Å². The highest BCUT2D eigenvalue weighted by atomic mass is 79.9. The molecule has 1 aromatic heterocycles. The number of nitrogens with one attached hydrogen (secondary N) is 3. The molecule has 0 spiro atoms. The van der Waals surface area contributed by atoms with Gasteiger partial charge < -0.3 is 20.2 Å². The molecule has 0 bridgehead atoms. The number of hydrazine groups is 2. The number of ether oxygens (including phenoxy) is 2. The monoisotopic (exact) mass is 460 g/mol. The van der Waals surface area contributed by atoms with Crippen molar-refractivity contribution in [2.75, 3.05) is 25.6 Å². The Morgan fingerprint density at radius 1 is 1.24 bits per heavy atom. The van der Waals surface area contributed by atoms with Crippen LogP contribution in [0.2, 0.25) is 0 Å². The zero-order valence-corrected chi connectivity index (χ0v) is 17.0. The van der Waals surface area contributed by atoms with E-state index in [1.807, 2.05) is 17.3 Å². The number of halogens is 2. The summed E-state index contributed by atoms with van der Waals surface area (Å²) in [6.07, 6.45) is 5.29. The Hall–Kier alpha value is -3.11. The highest BCUT2D eigenvalue weighted by Gasteiger charge is 2.13. The van der Waals surface area contributed by atoms with Crippen molar-refractivity contribution < 1.29 is 13.9 Å². The lowest BCUT2D eigenvalue weighted by Gasteiger charge is -2.17. The Morgan fingerprint density at radius 2 is 2.14 bits per heavy atom. The Morgan fingerprint density at radius 3 is 2.90 bits per heavy atom. The van der Waals surface area contributed by atoms with Crippen LogP contribution in [0.3, 0.4) is 0 Å². The highest BCUT2D eigenvalue weighted by Crippen LogP contribution is 2.35. The minimum Gasteiger partial charge on any atom is -0.493 e. The second kappa shape index (κ2) is 8.50. The first-order valence-electron chi connectivity index (χ1n) is 8.77. The molecule has 0 aliphatic carbocycles. The molecule has 0 amide bonds. The lowest BCUT2D eigenvalue weighted by Crippen LogP contribution is -2.37. The van der Waals surface area contributed by atoms with Crippen molar-refractivity contribution in [1.82, 2.24) is 26.2 Å². The molecule has 2 aromatic carbocycles. The predicted molar refractivity (Wildman–Crippen MR) is 111 cm³/mol. The van der Waals surface area contributed by atoms with Gasteiger partial charge in [0, 0.05) is 27.6 Å². The average Bonchev–Trinajstić information content (AvgIpc) is 3.23. The zero-order chi connectivity index (χ0) is 20.2. The summed E-state index contributed by atoms with van der Waals surface area (Å²) in [5.41, 5.74) is 6.11. The van der Waals surface area contributed by atoms with E-state index in [1.54, 1.807) is 37.7 Å². The third kappa shape index (κ3) is 4.33. The second-order valence-electron chi connectivity index (χ2n) is 6.15. The zero-order valence-electron chi connectivity index (χ0n) is 15.4. The van der Waals surface area contributed by atoms with E-state index in [4.69, 9.17) is 9.47 Å². The van der Waals surface area contributed by atoms with Crippen molar-refractivity contribution in [3.05, 3.63) is 59.2 Å². The summed E-state index contributed by atoms with van der Waals surface area (Å²) in [5.74, 6) is 1.16. The molecule has 2 heterocycles. The third-order valence-corrected chi connectivity index (χ3v) is 4.76. The number of benzene rings is 2. The number of anilines is 2. The summed E-state index contributed by atoms with van der Waals surface area (Å²) in [6.45, 7) is 1.07. The molecule has 0 atom stereocenters. The molecule has 8 nitrogen and oxygen atoms in total. The van der Waals surface area contributed by atoms with Gasteiger partial charge in [-0.3, -0.25) is 5.01 Å². The maximum atomic E-state index is 14.2. The Bertz CT molecular complexity index is 1060. The van der Waals surface area contributed by atoms with Gasteiger partial charge in [0.05, 0.1) is 25.5 Å². The first-order chi connectivity index (χ1) is 14.1. The van der Waals surface area contributed by atoms with Gasteiger partial charge >= 0.3 is 0 Å². The fourth-order valence-electron chi connectivity index (χ4n) is 2.84. The van der Waals surface area contributed by atoms with Crippen LogP contribution in [0.15, 0.2) is 53.4 Å². The summed E-state index contributed by atoms with van der Waals surface area (Å²) in [6, 6.07) is 8.39. The minimum absolute atomic E-state index is 0.300. The maximum Gasteiger partial charge on any atom is 0.161 e. The average molecular weight is 461 g/mol. The van der Waals surface area contributed by atoms with Gasteiger partial charge in [-0.1, -0.05) is 15.9 Å². The molecule has 1 aliphatic rings. The van der Waals surface area contributed by atoms with Crippen molar-refractivity contribution in [2.45, 2.75) is 0 Å². The van der Waals surface area contributed by atoms with E-state index in [1.165, 1.54) is 6.07 Å². The van der Waals surface area contributed by atoms with Gasteiger partial charge in [0.25, 0.3) is 0 Å². The molecule has 150 valence electrons. The number of nitrogens with zero attached hydrogens (tertiary/aromatic N) is 3. The van der Waals surface area contributed by atoms with Crippen molar-refractivity contribution in [2.24, 2.45) is 0 Å². The maximum absolute atomic E-state index is 14.2. The first kappa shape index (κ1) is 19.2. The van der Waals surface area contributed by atoms with E-state index in [9.17, 15) is 4.39 Å². The number of aromatic nitrogens is 2. The molecule has 0 unspecified atom stereocenters. The molecule has 1 aliphatic heterocycles.